The third-order valence-electron chi connectivity index (χ3n) is 0.0745. The first-order valence-corrected chi connectivity index (χ1v) is 1.83. The van der Waals surface area contributed by atoms with Crippen LogP contribution in [0.5, 0.6) is 0 Å². The van der Waals surface area contributed by atoms with Gasteiger partial charge in [0.1, 0.15) is 0 Å². The summed E-state index contributed by atoms with van der Waals surface area (Å²) < 4.78 is 0. The van der Waals surface area contributed by atoms with Crippen molar-refractivity contribution in [2.45, 2.75) is 0 Å². The first-order chi connectivity index (χ1) is 1.91. The van der Waals surface area contributed by atoms with Crippen molar-refractivity contribution in [2.24, 2.45) is 0 Å². The van der Waals surface area contributed by atoms with Gasteiger partial charge in [-0.3, -0.25) is 0 Å². The van der Waals surface area contributed by atoms with Gasteiger partial charge in [-0.05, 0) is 0 Å². The van der Waals surface area contributed by atoms with Gasteiger partial charge in [-0.1, -0.05) is 0 Å². The van der Waals surface area contributed by atoms with E-state index in [-0.39, 0.29) is 0 Å². The van der Waals surface area contributed by atoms with Crippen LogP contribution in [0.4, 0.5) is 0 Å². The molecule has 0 aliphatic carbocycles. The van der Waals surface area contributed by atoms with E-state index in [9.17, 15) is 0 Å². The van der Waals surface area contributed by atoms with Crippen LogP contribution in [-0.2, 0) is 0 Å². The van der Waals surface area contributed by atoms with E-state index in [2.05, 4.69) is 5.87 Å². The van der Waals surface area contributed by atoms with E-state index in [0.29, 0.717) is 0 Å². The van der Waals surface area contributed by atoms with Gasteiger partial charge >= 0.3 is 28.0 Å². The Bertz CT molecular complexity index is 46.0. The molecule has 1 nitrogen and oxygen atoms in total. The second-order valence-corrected chi connectivity index (χ2v) is 0.816. The average Bonchev–Trinajstić information content (AvgIpc) is 1.37. The monoisotopic (exact) mass is 74.0 g/mol. The topological polar surface area (TPSA) is 20.2 Å². The molecule has 0 unspecified atom stereocenters. The fourth-order valence-electron chi connectivity index (χ4n) is 0. The quantitative estimate of drug-likeness (QED) is 0.308. The Balaban J connectivity index is 3.11. The zero-order valence-electron chi connectivity index (χ0n) is 2.14. The van der Waals surface area contributed by atoms with Crippen molar-refractivity contribution >= 4 is 23.0 Å². The molecule has 0 saturated carbocycles. The van der Waals surface area contributed by atoms with Crippen LogP contribution in [0.1, 0.15) is 0 Å². The predicted molar refractivity (Wildman–Crippen MR) is 22.7 cm³/mol. The van der Waals surface area contributed by atoms with Gasteiger partial charge in [0.15, 0.2) is 0 Å². The van der Waals surface area contributed by atoms with Gasteiger partial charge in [0.05, 0.1) is 0 Å². The van der Waals surface area contributed by atoms with Crippen molar-refractivity contribution < 1.29 is 5.02 Å². The van der Waals surface area contributed by atoms with Crippen molar-refractivity contribution in [2.75, 3.05) is 0 Å². The van der Waals surface area contributed by atoms with E-state index in [4.69, 9.17) is 5.02 Å². The Morgan fingerprint density at radius 3 is 2.25 bits per heavy atom. The number of rotatable bonds is 0. The molecule has 1 N–H and O–H groups in total. The Morgan fingerprint density at radius 1 is 2.00 bits per heavy atom. The van der Waals surface area contributed by atoms with Crippen molar-refractivity contribution in [1.82, 2.24) is 0 Å². The van der Waals surface area contributed by atoms with Crippen LogP contribution < -0.4 is 0 Å². The van der Waals surface area contributed by atoms with Crippen molar-refractivity contribution in [3.05, 3.63) is 0 Å². The molecule has 0 atom stereocenters. The van der Waals surface area contributed by atoms with Crippen molar-refractivity contribution in [3.63, 3.8) is 0 Å². The molecular weight excluding hydrogens is 70.9 g/mol. The van der Waals surface area contributed by atoms with Crippen LogP contribution in [0.15, 0.2) is 0 Å². The second kappa shape index (κ2) is 3.11. The van der Waals surface area contributed by atoms with Gasteiger partial charge in [0.25, 0.3) is 0 Å². The molecule has 0 spiro atoms. The zero-order chi connectivity index (χ0) is 3.41. The van der Waals surface area contributed by atoms with Crippen LogP contribution >= 0.6 is 10.8 Å². The molecule has 0 fully saturated rings. The molecular formula is CH3BOS. The fraction of sp³-hybridized carbons (Fsp3) is 0. The van der Waals surface area contributed by atoms with Gasteiger partial charge < -0.3 is 0 Å². The fourth-order valence-corrected chi connectivity index (χ4v) is 0. The summed E-state index contributed by atoms with van der Waals surface area (Å²) in [6, 6.07) is 0. The molecule has 0 heterocycles. The van der Waals surface area contributed by atoms with Gasteiger partial charge in [0.2, 0.25) is 0 Å². The Morgan fingerprint density at radius 2 is 2.25 bits per heavy atom. The Labute approximate surface area is 29.0 Å². The third kappa shape index (κ3) is 2.11. The van der Waals surface area contributed by atoms with Gasteiger partial charge in [-0.25, -0.2) is 0 Å². The Kier molecular flexibility index (Phi) is 3.20. The Hall–Kier alpha value is 0.115. The molecule has 0 amide bonds. The molecule has 0 aliphatic heterocycles. The maximum absolute atomic E-state index is 7.65. The van der Waals surface area contributed by atoms with E-state index in [0.717, 1.165) is 17.1 Å². The first kappa shape index (κ1) is 4.11. The molecule has 0 saturated heterocycles. The zero-order valence-corrected chi connectivity index (χ0v) is 2.96. The molecule has 0 bridgehead atoms. The number of hydrogen-bond acceptors (Lipinski definition) is 0. The van der Waals surface area contributed by atoms with E-state index in [1.54, 1.807) is 0 Å². The van der Waals surface area contributed by atoms with Crippen molar-refractivity contribution in [3.8, 4) is 0 Å². The van der Waals surface area contributed by atoms with E-state index in [1.165, 1.54) is 0 Å². The van der Waals surface area contributed by atoms with E-state index >= 15 is 0 Å². The number of hydrogen-bond donors (Lipinski definition) is 1. The summed E-state index contributed by atoms with van der Waals surface area (Å²) in [7, 11) is 1.04. The predicted octanol–water partition coefficient (Wildman–Crippen LogP) is -0.322. The van der Waals surface area contributed by atoms with Gasteiger partial charge in [-0.2, -0.15) is 0 Å². The standard InChI is InChI=1S/CH3BOS/c1-4-2-3/h3H,1H2. The SMILES string of the molecule is C=S=BO. The summed E-state index contributed by atoms with van der Waals surface area (Å²) in [6.45, 7) is 0. The van der Waals surface area contributed by atoms with Crippen LogP contribution in [0, 0.1) is 0 Å². The average molecular weight is 73.9 g/mol. The van der Waals surface area contributed by atoms with Gasteiger partial charge in [0, 0.05) is 0 Å². The maximum atomic E-state index is 7.65. The van der Waals surface area contributed by atoms with E-state index in [1.807, 2.05) is 0 Å². The molecule has 0 aromatic carbocycles. The second-order valence-electron chi connectivity index (χ2n) is 0.272. The van der Waals surface area contributed by atoms with Crippen LogP contribution in [-0.4, -0.2) is 17.3 Å². The minimum absolute atomic E-state index is 0.931. The van der Waals surface area contributed by atoms with Gasteiger partial charge in [-0.15, -0.1) is 0 Å². The van der Waals surface area contributed by atoms with Crippen molar-refractivity contribution in [1.29, 1.82) is 0 Å². The molecule has 4 heavy (non-hydrogen) atoms. The van der Waals surface area contributed by atoms with Crippen LogP contribution in [0.2, 0.25) is 0 Å². The van der Waals surface area contributed by atoms with E-state index < -0.39 is 0 Å². The third-order valence-corrected chi connectivity index (χ3v) is 0.224. The molecule has 0 aromatic rings. The molecule has 0 aromatic heterocycles. The molecule has 0 radical (unpaired) electrons. The van der Waals surface area contributed by atoms with Crippen LogP contribution in [0.3, 0.4) is 0 Å². The van der Waals surface area contributed by atoms with Crippen LogP contribution in [0.25, 0.3) is 0 Å². The molecule has 22 valence electrons. The summed E-state index contributed by atoms with van der Waals surface area (Å²) in [5.41, 5.74) is 0. The minimum atomic E-state index is 0.931. The molecule has 0 rings (SSSR count). The summed E-state index contributed by atoms with van der Waals surface area (Å²) in [6.07, 6.45) is 0.931. The summed E-state index contributed by atoms with van der Waals surface area (Å²) in [4.78, 5) is 0. The summed E-state index contributed by atoms with van der Waals surface area (Å²) in [5.74, 6) is 3.22. The first-order valence-electron chi connectivity index (χ1n) is 0.783. The summed E-state index contributed by atoms with van der Waals surface area (Å²) >= 11 is 0. The molecule has 0 aliphatic rings. The normalized spacial score (nSPS) is 4.25. The molecule has 3 heteroatoms. The summed E-state index contributed by atoms with van der Waals surface area (Å²) in [5, 5.41) is 7.65.